The molecule has 56 heavy (non-hydrogen) atoms. The van der Waals surface area contributed by atoms with Crippen LogP contribution < -0.4 is 0 Å². The van der Waals surface area contributed by atoms with Gasteiger partial charge in [-0.15, -0.1) is 0 Å². The van der Waals surface area contributed by atoms with Gasteiger partial charge < -0.3 is 33.2 Å². The Labute approximate surface area is 324 Å². The van der Waals surface area contributed by atoms with Crippen LogP contribution in [0.1, 0.15) is 82.5 Å². The molecule has 0 N–H and O–H groups in total. The van der Waals surface area contributed by atoms with Crippen molar-refractivity contribution in [3.05, 3.63) is 78.1 Å². The van der Waals surface area contributed by atoms with E-state index >= 15 is 4.79 Å². The summed E-state index contributed by atoms with van der Waals surface area (Å²) >= 11 is 0. The maximum absolute atomic E-state index is 15.0. The lowest BCUT2D eigenvalue weighted by Gasteiger charge is -2.45. The normalized spacial score (nSPS) is 32.1. The van der Waals surface area contributed by atoms with Gasteiger partial charge in [0.05, 0.1) is 29.3 Å². The zero-order valence-corrected chi connectivity index (χ0v) is 32.5. The first-order valence-corrected chi connectivity index (χ1v) is 18.3. The second kappa shape index (κ2) is 16.3. The molecule has 2 saturated carbocycles. The number of benzene rings is 1. The van der Waals surface area contributed by atoms with Crippen molar-refractivity contribution in [3.8, 4) is 0 Å². The maximum Gasteiger partial charge on any atom is 0.340 e. The van der Waals surface area contributed by atoms with E-state index in [1.807, 2.05) is 0 Å². The van der Waals surface area contributed by atoms with E-state index in [-0.39, 0.29) is 23.1 Å². The average Bonchev–Trinajstić information content (AvgIpc) is 3.91. The number of esters is 6. The standard InChI is InChI=1S/C41H47NO14/c1-20-18-41(56-26(7)46)29(30(20)50-23(4)43)31(51-24(5)44)21(2)32(52-25(6)45)34(54-38(48)27-14-11-10-12-15-27)37(55-39(49)28-16-13-17-42-19-28)40(8,9)36-33(53-36)22(3)35(41)47/h10-17,19-20,22,29-34,36-37H,2,18H2,1,3-9H3. The molecule has 2 heterocycles. The van der Waals surface area contributed by atoms with Crippen LogP contribution in [-0.4, -0.2) is 94.9 Å². The van der Waals surface area contributed by atoms with Gasteiger partial charge in [-0.3, -0.25) is 29.0 Å². The molecule has 15 nitrogen and oxygen atoms in total. The van der Waals surface area contributed by atoms with Crippen LogP contribution in [0.5, 0.6) is 0 Å². The summed E-state index contributed by atoms with van der Waals surface area (Å²) < 4.78 is 42.4. The predicted molar refractivity (Wildman–Crippen MR) is 193 cm³/mol. The van der Waals surface area contributed by atoms with Gasteiger partial charge in [-0.05, 0) is 30.2 Å². The van der Waals surface area contributed by atoms with Crippen molar-refractivity contribution in [1.82, 2.24) is 4.98 Å². The molecule has 2 aromatic rings. The van der Waals surface area contributed by atoms with Gasteiger partial charge in [0.1, 0.15) is 12.2 Å². The predicted octanol–water partition coefficient (Wildman–Crippen LogP) is 4.15. The number of ketones is 1. The number of Topliss-reactive ketones (excluding diaryl/α,β-unsaturated/α-hetero) is 1. The topological polar surface area (TPSA) is 200 Å². The fraction of sp³-hybridized carbons (Fsp3) is 0.512. The molecule has 11 atom stereocenters. The molecule has 0 radical (unpaired) electrons. The molecule has 3 fully saturated rings. The van der Waals surface area contributed by atoms with E-state index in [0.29, 0.717) is 0 Å². The van der Waals surface area contributed by atoms with Gasteiger partial charge in [0.15, 0.2) is 29.7 Å². The monoisotopic (exact) mass is 777 g/mol. The fourth-order valence-corrected chi connectivity index (χ4v) is 8.24. The molecular formula is C41H47NO14. The first kappa shape index (κ1) is 41.7. The third-order valence-electron chi connectivity index (χ3n) is 10.6. The first-order valence-electron chi connectivity index (χ1n) is 18.3. The smallest absolute Gasteiger partial charge is 0.340 e. The highest BCUT2D eigenvalue weighted by molar-refractivity contribution is 5.93. The second-order valence-corrected chi connectivity index (χ2v) is 15.2. The second-order valence-electron chi connectivity index (χ2n) is 15.2. The van der Waals surface area contributed by atoms with E-state index in [9.17, 15) is 28.8 Å². The number of hydrogen-bond donors (Lipinski definition) is 0. The summed E-state index contributed by atoms with van der Waals surface area (Å²) in [6.45, 7) is 15.2. The summed E-state index contributed by atoms with van der Waals surface area (Å²) in [5, 5.41) is 0. The lowest BCUT2D eigenvalue weighted by atomic mass is 9.69. The number of epoxide rings is 1. The van der Waals surface area contributed by atoms with Crippen LogP contribution in [0.3, 0.4) is 0 Å². The number of fused-ring (bicyclic) bond motifs is 2. The van der Waals surface area contributed by atoms with Crippen LogP contribution in [0.4, 0.5) is 0 Å². The number of aromatic nitrogens is 1. The van der Waals surface area contributed by atoms with Crippen molar-refractivity contribution in [2.24, 2.45) is 23.2 Å². The van der Waals surface area contributed by atoms with Crippen LogP contribution in [0.15, 0.2) is 67.0 Å². The molecule has 0 bridgehead atoms. The molecule has 5 rings (SSSR count). The van der Waals surface area contributed by atoms with Gasteiger partial charge in [-0.1, -0.05) is 52.5 Å². The maximum atomic E-state index is 15.0. The molecule has 15 heteroatoms. The van der Waals surface area contributed by atoms with Gasteiger partial charge in [0.25, 0.3) is 0 Å². The molecular weight excluding hydrogens is 730 g/mol. The zero-order chi connectivity index (χ0) is 41.3. The molecule has 1 saturated heterocycles. The molecule has 2 aliphatic carbocycles. The SMILES string of the molecule is C=C1C(OC(C)=O)C(OC(=O)c2ccccc2)C(OC(=O)c2cccnc2)C(C)(C)C2OC2C(C)C(=O)C2(OC(C)=O)CC(C)C(OC(C)=O)C2C1OC(C)=O. The van der Waals surface area contributed by atoms with Crippen LogP contribution in [-0.2, 0) is 57.1 Å². The van der Waals surface area contributed by atoms with E-state index in [1.54, 1.807) is 45.9 Å². The van der Waals surface area contributed by atoms with Crippen molar-refractivity contribution in [2.45, 2.75) is 110 Å². The van der Waals surface area contributed by atoms with E-state index in [0.717, 1.165) is 27.7 Å². The molecule has 300 valence electrons. The number of rotatable bonds is 8. The lowest BCUT2D eigenvalue weighted by molar-refractivity contribution is -0.188. The van der Waals surface area contributed by atoms with Crippen LogP contribution in [0, 0.1) is 23.2 Å². The Morgan fingerprint density at radius 1 is 0.750 bits per heavy atom. The Bertz CT molecular complexity index is 1880. The number of hydrogen-bond acceptors (Lipinski definition) is 15. The minimum atomic E-state index is -2.10. The minimum absolute atomic E-state index is 0.0374. The highest BCUT2D eigenvalue weighted by Crippen LogP contribution is 2.54. The largest absolute Gasteiger partial charge is 0.462 e. The molecule has 1 aromatic heterocycles. The quantitative estimate of drug-likeness (QED) is 0.160. The summed E-state index contributed by atoms with van der Waals surface area (Å²) in [5.74, 6) is -8.98. The van der Waals surface area contributed by atoms with Crippen LogP contribution in [0.2, 0.25) is 0 Å². The Morgan fingerprint density at radius 3 is 1.91 bits per heavy atom. The molecule has 0 amide bonds. The van der Waals surface area contributed by atoms with Crippen LogP contribution in [0.25, 0.3) is 0 Å². The Hall–Kier alpha value is -5.44. The van der Waals surface area contributed by atoms with E-state index in [1.165, 1.54) is 36.7 Å². The van der Waals surface area contributed by atoms with Gasteiger partial charge >= 0.3 is 35.8 Å². The van der Waals surface area contributed by atoms with Crippen molar-refractivity contribution < 1.29 is 66.7 Å². The molecule has 0 spiro atoms. The molecule has 1 aromatic carbocycles. The third kappa shape index (κ3) is 8.37. The Morgan fingerprint density at radius 2 is 1.34 bits per heavy atom. The number of carbonyl (C=O) groups excluding carboxylic acids is 7. The number of ether oxygens (including phenoxy) is 7. The van der Waals surface area contributed by atoms with Gasteiger partial charge in [0, 0.05) is 63.4 Å². The Balaban J connectivity index is 1.82. The number of carbonyl (C=O) groups is 7. The highest BCUT2D eigenvalue weighted by atomic mass is 16.6. The minimum Gasteiger partial charge on any atom is -0.462 e. The van der Waals surface area contributed by atoms with Gasteiger partial charge in [-0.25, -0.2) is 9.59 Å². The summed E-state index contributed by atoms with van der Waals surface area (Å²) in [6, 6.07) is 10.9. The van der Waals surface area contributed by atoms with Gasteiger partial charge in [0.2, 0.25) is 0 Å². The first-order chi connectivity index (χ1) is 26.3. The Kier molecular flexibility index (Phi) is 12.2. The molecule has 11 unspecified atom stereocenters. The van der Waals surface area contributed by atoms with E-state index in [4.69, 9.17) is 33.2 Å². The summed E-state index contributed by atoms with van der Waals surface area (Å²) in [6.07, 6.45) is -7.17. The van der Waals surface area contributed by atoms with E-state index in [2.05, 4.69) is 11.6 Å². The number of pyridine rings is 1. The van der Waals surface area contributed by atoms with Gasteiger partial charge in [-0.2, -0.15) is 0 Å². The van der Waals surface area contributed by atoms with E-state index < -0.39 is 113 Å². The average molecular weight is 778 g/mol. The van der Waals surface area contributed by atoms with Crippen LogP contribution >= 0.6 is 0 Å². The lowest BCUT2D eigenvalue weighted by Crippen LogP contribution is -2.60. The van der Waals surface area contributed by atoms with Crippen molar-refractivity contribution in [1.29, 1.82) is 0 Å². The zero-order valence-electron chi connectivity index (χ0n) is 32.5. The third-order valence-corrected chi connectivity index (χ3v) is 10.6. The van der Waals surface area contributed by atoms with Crippen molar-refractivity contribution in [3.63, 3.8) is 0 Å². The number of nitrogens with zero attached hydrogens (tertiary/aromatic N) is 1. The fourth-order valence-electron chi connectivity index (χ4n) is 8.24. The van der Waals surface area contributed by atoms with Crippen molar-refractivity contribution >= 4 is 41.6 Å². The molecule has 1 aliphatic heterocycles. The summed E-state index contributed by atoms with van der Waals surface area (Å²) in [4.78, 5) is 98.8. The summed E-state index contributed by atoms with van der Waals surface area (Å²) in [7, 11) is 0. The highest BCUT2D eigenvalue weighted by Gasteiger charge is 2.69. The van der Waals surface area contributed by atoms with Crippen molar-refractivity contribution in [2.75, 3.05) is 0 Å². The summed E-state index contributed by atoms with van der Waals surface area (Å²) in [5.41, 5.74) is -3.58. The molecule has 3 aliphatic rings.